The lowest BCUT2D eigenvalue weighted by Crippen LogP contribution is -2.52. The minimum Gasteiger partial charge on any atom is -0.444 e. The molecule has 6 nitrogen and oxygen atoms in total. The van der Waals surface area contributed by atoms with Gasteiger partial charge in [0.1, 0.15) is 11.6 Å². The number of nitrogens with one attached hydrogen (secondary N) is 2. The van der Waals surface area contributed by atoms with Crippen molar-refractivity contribution < 1.29 is 19.1 Å². The number of hydrogen-bond acceptors (Lipinski definition) is 4. The van der Waals surface area contributed by atoms with Gasteiger partial charge in [-0.05, 0) is 58.2 Å². The molecule has 2 rings (SSSR count). The van der Waals surface area contributed by atoms with Crippen LogP contribution in [0.1, 0.15) is 44.4 Å². The molecular formula is C24H32N2O4. The zero-order valence-electron chi connectivity index (χ0n) is 18.6. The van der Waals surface area contributed by atoms with E-state index in [-0.39, 0.29) is 5.91 Å². The van der Waals surface area contributed by atoms with Gasteiger partial charge < -0.3 is 20.1 Å². The van der Waals surface area contributed by atoms with E-state index in [0.717, 1.165) is 22.4 Å². The Morgan fingerprint density at radius 1 is 0.967 bits per heavy atom. The number of ether oxygens (including phenoxy) is 2. The summed E-state index contributed by atoms with van der Waals surface area (Å²) in [5.41, 5.74) is 2.92. The molecule has 0 aliphatic rings. The number of aryl methyl sites for hydroxylation is 2. The lowest BCUT2D eigenvalue weighted by Gasteiger charge is -2.27. The first-order valence-corrected chi connectivity index (χ1v) is 10.1. The van der Waals surface area contributed by atoms with Crippen molar-refractivity contribution in [1.29, 1.82) is 0 Å². The summed E-state index contributed by atoms with van der Waals surface area (Å²) in [7, 11) is 0. The molecule has 2 amide bonds. The van der Waals surface area contributed by atoms with E-state index >= 15 is 0 Å². The van der Waals surface area contributed by atoms with E-state index in [1.165, 1.54) is 0 Å². The fourth-order valence-electron chi connectivity index (χ4n) is 2.94. The van der Waals surface area contributed by atoms with Crippen LogP contribution < -0.4 is 10.6 Å². The van der Waals surface area contributed by atoms with Crippen LogP contribution in [-0.2, 0) is 20.9 Å². The highest BCUT2D eigenvalue weighted by Gasteiger charge is 2.30. The Morgan fingerprint density at radius 2 is 1.57 bits per heavy atom. The first kappa shape index (κ1) is 23.4. The van der Waals surface area contributed by atoms with Crippen LogP contribution >= 0.6 is 0 Å². The number of carbonyl (C=O) groups is 2. The number of rotatable bonds is 7. The van der Waals surface area contributed by atoms with Gasteiger partial charge in [0, 0.05) is 5.69 Å². The zero-order valence-corrected chi connectivity index (χ0v) is 18.6. The predicted octanol–water partition coefficient (Wildman–Crippen LogP) is 4.74. The Kier molecular flexibility index (Phi) is 8.00. The largest absolute Gasteiger partial charge is 0.444 e. The summed E-state index contributed by atoms with van der Waals surface area (Å²) in [6, 6.07) is 14.5. The fraction of sp³-hybridized carbons (Fsp3) is 0.417. The molecule has 0 saturated heterocycles. The number of anilines is 1. The molecule has 0 bridgehead atoms. The first-order chi connectivity index (χ1) is 14.1. The number of hydrogen-bond donors (Lipinski definition) is 2. The van der Waals surface area contributed by atoms with Crippen molar-refractivity contribution in [3.05, 3.63) is 65.2 Å². The van der Waals surface area contributed by atoms with Crippen molar-refractivity contribution in [2.45, 2.75) is 65.9 Å². The predicted molar refractivity (Wildman–Crippen MR) is 118 cm³/mol. The summed E-state index contributed by atoms with van der Waals surface area (Å²) in [5, 5.41) is 5.61. The molecule has 0 aliphatic carbocycles. The Hall–Kier alpha value is -2.86. The van der Waals surface area contributed by atoms with E-state index in [2.05, 4.69) is 10.6 Å². The molecule has 0 saturated carbocycles. The quantitative estimate of drug-likeness (QED) is 0.689. The third-order valence-corrected chi connectivity index (χ3v) is 4.51. The SMILES string of the molecule is Cc1cccc(C)c1NC(=O)[C@@H](NC(=O)OC(C)(C)C)[C@H](C)OCc1ccccc1. The van der Waals surface area contributed by atoms with Crippen LogP contribution in [-0.4, -0.2) is 29.7 Å². The maximum absolute atomic E-state index is 13.1. The Morgan fingerprint density at radius 3 is 2.13 bits per heavy atom. The molecule has 2 aromatic carbocycles. The molecule has 162 valence electrons. The van der Waals surface area contributed by atoms with Crippen LogP contribution in [0, 0.1) is 13.8 Å². The Balaban J connectivity index is 2.16. The number of para-hydroxylation sites is 1. The van der Waals surface area contributed by atoms with Crippen LogP contribution in [0.3, 0.4) is 0 Å². The van der Waals surface area contributed by atoms with Gasteiger partial charge in [-0.25, -0.2) is 4.79 Å². The van der Waals surface area contributed by atoms with Crippen LogP contribution in [0.2, 0.25) is 0 Å². The van der Waals surface area contributed by atoms with Gasteiger partial charge in [0.05, 0.1) is 12.7 Å². The standard InChI is InChI=1S/C24H32N2O4/c1-16-11-10-12-17(2)20(16)25-22(27)21(26-23(28)30-24(4,5)6)18(3)29-15-19-13-8-7-9-14-19/h7-14,18,21H,15H2,1-6H3,(H,25,27)(H,26,28)/t18-,21-/m0/s1. The lowest BCUT2D eigenvalue weighted by molar-refractivity contribution is -0.122. The molecule has 6 heteroatoms. The van der Waals surface area contributed by atoms with Gasteiger partial charge in [-0.15, -0.1) is 0 Å². The van der Waals surface area contributed by atoms with Crippen molar-refractivity contribution in [2.75, 3.05) is 5.32 Å². The lowest BCUT2D eigenvalue weighted by atomic mass is 10.1. The van der Waals surface area contributed by atoms with Crippen molar-refractivity contribution in [1.82, 2.24) is 5.32 Å². The molecule has 30 heavy (non-hydrogen) atoms. The average molecular weight is 413 g/mol. The maximum atomic E-state index is 13.1. The topological polar surface area (TPSA) is 76.7 Å². The normalized spacial score (nSPS) is 13.3. The van der Waals surface area contributed by atoms with E-state index in [9.17, 15) is 9.59 Å². The molecule has 0 heterocycles. The molecule has 0 fully saturated rings. The van der Waals surface area contributed by atoms with Crippen molar-refractivity contribution in [3.63, 3.8) is 0 Å². The summed E-state index contributed by atoms with van der Waals surface area (Å²) >= 11 is 0. The Labute approximate surface area is 179 Å². The van der Waals surface area contributed by atoms with Crippen LogP contribution in [0.4, 0.5) is 10.5 Å². The molecular weight excluding hydrogens is 380 g/mol. The Bertz CT molecular complexity index is 839. The summed E-state index contributed by atoms with van der Waals surface area (Å²) in [6.45, 7) is 11.2. The van der Waals surface area contributed by atoms with E-state index in [0.29, 0.717) is 6.61 Å². The highest BCUT2D eigenvalue weighted by Crippen LogP contribution is 2.20. The minimum atomic E-state index is -0.928. The summed E-state index contributed by atoms with van der Waals surface area (Å²) in [5.74, 6) is -0.362. The maximum Gasteiger partial charge on any atom is 0.408 e. The van der Waals surface area contributed by atoms with Gasteiger partial charge in [0.15, 0.2) is 0 Å². The highest BCUT2D eigenvalue weighted by molar-refractivity contribution is 5.98. The number of carbonyl (C=O) groups excluding carboxylic acids is 2. The van der Waals surface area contributed by atoms with Gasteiger partial charge in [0.2, 0.25) is 5.91 Å². The summed E-state index contributed by atoms with van der Waals surface area (Å²) < 4.78 is 11.3. The number of alkyl carbamates (subject to hydrolysis) is 1. The van der Waals surface area contributed by atoms with Crippen LogP contribution in [0.25, 0.3) is 0 Å². The van der Waals surface area contributed by atoms with Crippen LogP contribution in [0.5, 0.6) is 0 Å². The number of benzene rings is 2. The van der Waals surface area contributed by atoms with Crippen molar-refractivity contribution >= 4 is 17.7 Å². The number of amides is 2. The van der Waals surface area contributed by atoms with Gasteiger partial charge in [0.25, 0.3) is 0 Å². The first-order valence-electron chi connectivity index (χ1n) is 10.1. The highest BCUT2D eigenvalue weighted by atomic mass is 16.6. The average Bonchev–Trinajstić information content (AvgIpc) is 2.66. The van der Waals surface area contributed by atoms with Gasteiger partial charge >= 0.3 is 6.09 Å². The molecule has 2 N–H and O–H groups in total. The van der Waals surface area contributed by atoms with Crippen LogP contribution in [0.15, 0.2) is 48.5 Å². The van der Waals surface area contributed by atoms with E-state index in [4.69, 9.17) is 9.47 Å². The molecule has 0 spiro atoms. The second kappa shape index (κ2) is 10.3. The molecule has 0 aromatic heterocycles. The molecule has 0 aliphatic heterocycles. The molecule has 0 unspecified atom stereocenters. The van der Waals surface area contributed by atoms with E-state index < -0.39 is 23.8 Å². The summed E-state index contributed by atoms with van der Waals surface area (Å²) in [4.78, 5) is 25.5. The monoisotopic (exact) mass is 412 g/mol. The van der Waals surface area contributed by atoms with Gasteiger partial charge in [-0.3, -0.25) is 4.79 Å². The minimum absolute atomic E-state index is 0.325. The van der Waals surface area contributed by atoms with E-state index in [1.807, 2.05) is 62.4 Å². The smallest absolute Gasteiger partial charge is 0.408 e. The fourth-order valence-corrected chi connectivity index (χ4v) is 2.94. The third kappa shape index (κ3) is 7.19. The van der Waals surface area contributed by atoms with Crippen molar-refractivity contribution in [2.24, 2.45) is 0 Å². The van der Waals surface area contributed by atoms with Gasteiger partial charge in [-0.2, -0.15) is 0 Å². The van der Waals surface area contributed by atoms with Gasteiger partial charge in [-0.1, -0.05) is 48.5 Å². The van der Waals surface area contributed by atoms with E-state index in [1.54, 1.807) is 27.7 Å². The molecule has 2 aromatic rings. The second-order valence-electron chi connectivity index (χ2n) is 8.38. The summed E-state index contributed by atoms with van der Waals surface area (Å²) in [6.07, 6.45) is -1.25. The van der Waals surface area contributed by atoms with Crippen molar-refractivity contribution in [3.8, 4) is 0 Å². The molecule has 0 radical (unpaired) electrons. The second-order valence-corrected chi connectivity index (χ2v) is 8.38. The third-order valence-electron chi connectivity index (χ3n) is 4.51. The molecule has 2 atom stereocenters. The zero-order chi connectivity index (χ0) is 22.3.